The molecule has 1 N–H and O–H groups in total. The number of carbonyl (C=O) groups excluding carboxylic acids is 1. The highest BCUT2D eigenvalue weighted by atomic mass is 35.5. The van der Waals surface area contributed by atoms with Crippen molar-refractivity contribution >= 4 is 33.2 Å². The van der Waals surface area contributed by atoms with Gasteiger partial charge >= 0.3 is 6.18 Å². The topological polar surface area (TPSA) is 66.5 Å². The van der Waals surface area contributed by atoms with Crippen molar-refractivity contribution in [3.05, 3.63) is 28.8 Å². The first-order valence-corrected chi connectivity index (χ1v) is 8.63. The summed E-state index contributed by atoms with van der Waals surface area (Å²) in [4.78, 5) is 12.7. The summed E-state index contributed by atoms with van der Waals surface area (Å²) in [7, 11) is -3.45. The fourth-order valence-electron chi connectivity index (χ4n) is 1.78. The molecule has 1 aromatic carbocycles. The van der Waals surface area contributed by atoms with E-state index in [4.69, 9.17) is 11.6 Å². The van der Waals surface area contributed by atoms with Crippen LogP contribution in [0.3, 0.4) is 0 Å². The minimum absolute atomic E-state index is 0.00933. The molecule has 130 valence electrons. The van der Waals surface area contributed by atoms with Gasteiger partial charge in [0.15, 0.2) is 0 Å². The monoisotopic (exact) mass is 372 g/mol. The molecule has 0 fully saturated rings. The quantitative estimate of drug-likeness (QED) is 0.834. The molecule has 0 heterocycles. The van der Waals surface area contributed by atoms with E-state index in [1.165, 1.54) is 19.9 Å². The van der Waals surface area contributed by atoms with Crippen LogP contribution in [0.1, 0.15) is 19.4 Å². The Labute approximate surface area is 137 Å². The number of carbonyl (C=O) groups is 1. The minimum atomic E-state index is -4.65. The number of anilines is 1. The number of benzene rings is 1. The Morgan fingerprint density at radius 2 is 1.96 bits per heavy atom. The number of rotatable bonds is 6. The maximum atomic E-state index is 12.9. The van der Waals surface area contributed by atoms with E-state index < -0.39 is 32.7 Å². The summed E-state index contributed by atoms with van der Waals surface area (Å²) < 4.78 is 63.5. The molecule has 0 bridgehead atoms. The number of nitrogens with one attached hydrogen (secondary N) is 1. The van der Waals surface area contributed by atoms with Crippen molar-refractivity contribution in [2.45, 2.75) is 20.0 Å². The lowest BCUT2D eigenvalue weighted by Gasteiger charge is -2.23. The number of alkyl halides is 3. The third kappa shape index (κ3) is 5.67. The van der Waals surface area contributed by atoms with Crippen LogP contribution >= 0.6 is 11.6 Å². The molecule has 0 aliphatic rings. The number of sulfonamides is 1. The summed E-state index contributed by atoms with van der Waals surface area (Å²) in [5, 5.41) is -0.476. The van der Waals surface area contributed by atoms with E-state index in [0.717, 1.165) is 17.0 Å². The van der Waals surface area contributed by atoms with Crippen molar-refractivity contribution in [3.8, 4) is 0 Å². The highest BCUT2D eigenvalue weighted by Gasteiger charge is 2.34. The van der Waals surface area contributed by atoms with Crippen molar-refractivity contribution in [1.82, 2.24) is 4.72 Å². The molecule has 1 amide bonds. The van der Waals surface area contributed by atoms with Gasteiger partial charge in [-0.1, -0.05) is 11.6 Å². The van der Waals surface area contributed by atoms with Crippen LogP contribution in [0.2, 0.25) is 5.02 Å². The maximum absolute atomic E-state index is 12.9. The van der Waals surface area contributed by atoms with Crippen LogP contribution in [0.5, 0.6) is 0 Å². The molecule has 0 unspecified atom stereocenters. The van der Waals surface area contributed by atoms with Crippen molar-refractivity contribution in [3.63, 3.8) is 0 Å². The molecule has 1 aromatic rings. The first kappa shape index (κ1) is 19.7. The molecule has 0 saturated heterocycles. The number of nitrogens with zero attached hydrogens (tertiary/aromatic N) is 1. The molecular weight excluding hydrogens is 357 g/mol. The summed E-state index contributed by atoms with van der Waals surface area (Å²) in [6.45, 7) is 2.41. The maximum Gasteiger partial charge on any atom is 0.417 e. The molecule has 10 heteroatoms. The van der Waals surface area contributed by atoms with E-state index in [2.05, 4.69) is 4.72 Å². The second kappa shape index (κ2) is 7.50. The molecule has 0 saturated carbocycles. The molecule has 0 radical (unpaired) electrons. The van der Waals surface area contributed by atoms with E-state index in [-0.39, 0.29) is 24.5 Å². The van der Waals surface area contributed by atoms with Crippen molar-refractivity contribution in [2.24, 2.45) is 0 Å². The second-order valence-corrected chi connectivity index (χ2v) is 7.13. The summed E-state index contributed by atoms with van der Waals surface area (Å²) in [6.07, 6.45) is -4.65. The van der Waals surface area contributed by atoms with Gasteiger partial charge in [-0.15, -0.1) is 0 Å². The molecule has 0 atom stereocenters. The Morgan fingerprint density at radius 1 is 1.35 bits per heavy atom. The van der Waals surface area contributed by atoms with Gasteiger partial charge in [-0.2, -0.15) is 13.2 Å². The number of amides is 1. The Balaban J connectivity index is 3.01. The molecule has 23 heavy (non-hydrogen) atoms. The van der Waals surface area contributed by atoms with Crippen LogP contribution in [0, 0.1) is 0 Å². The molecule has 1 rings (SSSR count). The van der Waals surface area contributed by atoms with Crippen molar-refractivity contribution in [2.75, 3.05) is 23.7 Å². The lowest BCUT2D eigenvalue weighted by Crippen LogP contribution is -2.38. The zero-order valence-corrected chi connectivity index (χ0v) is 14.0. The first-order chi connectivity index (χ1) is 10.5. The van der Waals surface area contributed by atoms with Gasteiger partial charge in [0.2, 0.25) is 15.9 Å². The molecule has 0 spiro atoms. The smallest absolute Gasteiger partial charge is 0.311 e. The molecular formula is C13H16ClF3N2O3S. The van der Waals surface area contributed by atoms with Gasteiger partial charge in [-0.05, 0) is 25.1 Å². The summed E-state index contributed by atoms with van der Waals surface area (Å²) in [5.41, 5.74) is -1.07. The zero-order valence-electron chi connectivity index (χ0n) is 12.4. The fraction of sp³-hybridized carbons (Fsp3) is 0.462. The average molecular weight is 373 g/mol. The zero-order chi connectivity index (χ0) is 17.8. The predicted molar refractivity (Wildman–Crippen MR) is 81.9 cm³/mol. The van der Waals surface area contributed by atoms with Crippen molar-refractivity contribution in [1.29, 1.82) is 0 Å². The van der Waals surface area contributed by atoms with Crippen LogP contribution in [-0.4, -0.2) is 33.2 Å². The van der Waals surface area contributed by atoms with Gasteiger partial charge in [0.05, 0.1) is 16.3 Å². The Bertz CT molecular complexity index is 678. The van der Waals surface area contributed by atoms with Gasteiger partial charge in [-0.3, -0.25) is 4.79 Å². The van der Waals surface area contributed by atoms with E-state index in [0.29, 0.717) is 0 Å². The van der Waals surface area contributed by atoms with Crippen LogP contribution in [0.15, 0.2) is 18.2 Å². The van der Waals surface area contributed by atoms with E-state index in [9.17, 15) is 26.4 Å². The fourth-order valence-corrected chi connectivity index (χ4v) is 2.61. The number of hydrogen-bond donors (Lipinski definition) is 1. The average Bonchev–Trinajstić information content (AvgIpc) is 2.43. The Hall–Kier alpha value is -1.32. The highest BCUT2D eigenvalue weighted by molar-refractivity contribution is 7.89. The third-order valence-electron chi connectivity index (χ3n) is 2.98. The number of halogens is 4. The van der Waals surface area contributed by atoms with Crippen LogP contribution in [0.25, 0.3) is 0 Å². The van der Waals surface area contributed by atoms with E-state index in [1.54, 1.807) is 0 Å². The van der Waals surface area contributed by atoms with E-state index in [1.807, 2.05) is 0 Å². The summed E-state index contributed by atoms with van der Waals surface area (Å²) >= 11 is 5.53. The first-order valence-electron chi connectivity index (χ1n) is 6.60. The lowest BCUT2D eigenvalue weighted by molar-refractivity contribution is -0.137. The molecule has 5 nitrogen and oxygen atoms in total. The van der Waals surface area contributed by atoms with Crippen molar-refractivity contribution < 1.29 is 26.4 Å². The van der Waals surface area contributed by atoms with Gasteiger partial charge in [-0.25, -0.2) is 13.1 Å². The van der Waals surface area contributed by atoms with Gasteiger partial charge in [0.25, 0.3) is 0 Å². The molecule has 0 aliphatic heterocycles. The van der Waals surface area contributed by atoms with E-state index >= 15 is 0 Å². The van der Waals surface area contributed by atoms with Crippen LogP contribution < -0.4 is 9.62 Å². The van der Waals surface area contributed by atoms with Gasteiger partial charge in [0, 0.05) is 25.7 Å². The van der Waals surface area contributed by atoms with Gasteiger partial charge < -0.3 is 4.90 Å². The Morgan fingerprint density at radius 3 is 2.43 bits per heavy atom. The predicted octanol–water partition coefficient (Wildman–Crippen LogP) is 2.65. The lowest BCUT2D eigenvalue weighted by atomic mass is 10.1. The SMILES string of the molecule is CCS(=O)(=O)NCCN(C(C)=O)c1ccc(Cl)c(C(F)(F)F)c1. The molecule has 0 aliphatic carbocycles. The Kier molecular flexibility index (Phi) is 6.43. The number of hydrogen-bond acceptors (Lipinski definition) is 3. The summed E-state index contributed by atoms with van der Waals surface area (Å²) in [6, 6.07) is 3.08. The third-order valence-corrected chi connectivity index (χ3v) is 4.72. The summed E-state index contributed by atoms with van der Waals surface area (Å²) in [5.74, 6) is -0.650. The minimum Gasteiger partial charge on any atom is -0.311 e. The largest absolute Gasteiger partial charge is 0.417 e. The second-order valence-electron chi connectivity index (χ2n) is 4.63. The highest BCUT2D eigenvalue weighted by Crippen LogP contribution is 2.36. The van der Waals surface area contributed by atoms with Crippen LogP contribution in [0.4, 0.5) is 18.9 Å². The normalized spacial score (nSPS) is 12.3. The molecule has 0 aromatic heterocycles. The standard InChI is InChI=1S/C13H16ClF3N2O3S/c1-3-23(21,22)18-6-7-19(9(2)20)10-4-5-12(14)11(8-10)13(15,16)17/h4-5,8,18H,3,6-7H2,1-2H3. The van der Waals surface area contributed by atoms with Gasteiger partial charge in [0.1, 0.15) is 0 Å². The van der Waals surface area contributed by atoms with Crippen LogP contribution in [-0.2, 0) is 21.0 Å².